The van der Waals surface area contributed by atoms with Crippen LogP contribution in [0.25, 0.3) is 0 Å². The summed E-state index contributed by atoms with van der Waals surface area (Å²) in [5.41, 5.74) is 1.84. The number of hydrogen-bond acceptors (Lipinski definition) is 6. The smallest absolute Gasteiger partial charge is 0.255 e. The zero-order valence-corrected chi connectivity index (χ0v) is 20.8. The number of nitrogens with one attached hydrogen (secondary N) is 2. The summed E-state index contributed by atoms with van der Waals surface area (Å²) in [5.74, 6) is -0.0294. The highest BCUT2D eigenvalue weighted by molar-refractivity contribution is 8.00. The van der Waals surface area contributed by atoms with Crippen molar-refractivity contribution in [3.05, 3.63) is 29.3 Å². The highest BCUT2D eigenvalue weighted by atomic mass is 32.2. The number of carbonyl (C=O) groups excluding carboxylic acids is 2. The van der Waals surface area contributed by atoms with Crippen molar-refractivity contribution in [1.82, 2.24) is 15.5 Å². The van der Waals surface area contributed by atoms with Gasteiger partial charge in [-0.2, -0.15) is 0 Å². The molecule has 0 bridgehead atoms. The second kappa shape index (κ2) is 10.0. The molecule has 0 spiro atoms. The zero-order chi connectivity index (χ0) is 22.9. The number of thioether (sulfide) groups is 1. The Balaban J connectivity index is 1.26. The molecule has 1 saturated heterocycles. The summed E-state index contributed by atoms with van der Waals surface area (Å²) in [6, 6.07) is 7.05. The molecule has 2 aliphatic heterocycles. The Bertz CT molecular complexity index is 939. The van der Waals surface area contributed by atoms with Crippen LogP contribution in [0.2, 0.25) is 0 Å². The molecule has 5 rings (SSSR count). The van der Waals surface area contributed by atoms with Crippen LogP contribution in [0.3, 0.4) is 0 Å². The number of ether oxygens (including phenoxy) is 1. The van der Waals surface area contributed by atoms with Crippen molar-refractivity contribution in [2.24, 2.45) is 0 Å². The number of fused-ring (bicyclic) bond motifs is 1. The van der Waals surface area contributed by atoms with Gasteiger partial charge in [0, 0.05) is 47.9 Å². The predicted octanol–water partition coefficient (Wildman–Crippen LogP) is 3.81. The number of amides is 2. The van der Waals surface area contributed by atoms with Crippen LogP contribution < -0.4 is 10.6 Å². The van der Waals surface area contributed by atoms with Gasteiger partial charge in [0.2, 0.25) is 5.91 Å². The summed E-state index contributed by atoms with van der Waals surface area (Å²) in [5, 5.41) is 7.22. The standard InChI is InChI=1S/C25H33N3O3S2/c1-31-21-7-4-6-18(21)26-19-5-2-3-8-22(19)33-16-9-10-17-15(13-16)14-28(25(17)30)20-11-12-23(29)27-24(20)32/h9-10,13,18-22,26H,2-8,11-12,14H2,1H3,(H,27,29,32)/t18-,19-,20?,21-,22-/m0/s1. The van der Waals surface area contributed by atoms with Gasteiger partial charge >= 0.3 is 0 Å². The van der Waals surface area contributed by atoms with Gasteiger partial charge in [0.25, 0.3) is 5.91 Å². The Labute approximate surface area is 205 Å². The number of methoxy groups -OCH3 is 1. The molecule has 178 valence electrons. The molecule has 3 fully saturated rings. The van der Waals surface area contributed by atoms with Crippen molar-refractivity contribution in [3.63, 3.8) is 0 Å². The normalized spacial score (nSPS) is 32.2. The SMILES string of the molecule is CO[C@H]1CCC[C@@H]1N[C@H]1CCCC[C@@H]1Sc1ccc2c(c1)CN(C1CCC(=O)NC1=S)C2=O. The summed E-state index contributed by atoms with van der Waals surface area (Å²) in [6.45, 7) is 0.563. The fourth-order valence-corrected chi connectivity index (χ4v) is 7.63. The van der Waals surface area contributed by atoms with E-state index in [2.05, 4.69) is 22.8 Å². The molecular weight excluding hydrogens is 454 g/mol. The summed E-state index contributed by atoms with van der Waals surface area (Å²) in [4.78, 5) is 28.2. The monoisotopic (exact) mass is 487 g/mol. The first kappa shape index (κ1) is 23.3. The molecule has 4 aliphatic rings. The molecule has 6 nitrogen and oxygen atoms in total. The first-order valence-electron chi connectivity index (χ1n) is 12.3. The number of carbonyl (C=O) groups is 2. The Kier molecular flexibility index (Phi) is 7.07. The number of thiocarbonyl (C=S) groups is 1. The highest BCUT2D eigenvalue weighted by Gasteiger charge is 2.38. The van der Waals surface area contributed by atoms with Crippen LogP contribution in [0.15, 0.2) is 23.1 Å². The van der Waals surface area contributed by atoms with Crippen molar-refractivity contribution >= 4 is 40.8 Å². The Morgan fingerprint density at radius 2 is 1.91 bits per heavy atom. The van der Waals surface area contributed by atoms with E-state index in [4.69, 9.17) is 17.0 Å². The molecule has 5 atom stereocenters. The summed E-state index contributed by atoms with van der Waals surface area (Å²) in [7, 11) is 1.83. The minimum Gasteiger partial charge on any atom is -0.380 e. The van der Waals surface area contributed by atoms with E-state index >= 15 is 0 Å². The van der Waals surface area contributed by atoms with Gasteiger partial charge in [0.1, 0.15) is 4.99 Å². The minimum absolute atomic E-state index is 0.0223. The minimum atomic E-state index is -0.194. The van der Waals surface area contributed by atoms with E-state index in [1.807, 2.05) is 29.8 Å². The van der Waals surface area contributed by atoms with E-state index in [1.54, 1.807) is 0 Å². The van der Waals surface area contributed by atoms with Gasteiger partial charge in [-0.05, 0) is 62.3 Å². The van der Waals surface area contributed by atoms with Crippen LogP contribution >= 0.6 is 24.0 Å². The Morgan fingerprint density at radius 1 is 1.09 bits per heavy atom. The summed E-state index contributed by atoms with van der Waals surface area (Å²) in [6.07, 6.45) is 9.93. The van der Waals surface area contributed by atoms with Crippen LogP contribution in [0, 0.1) is 0 Å². The Morgan fingerprint density at radius 3 is 2.73 bits per heavy atom. The lowest BCUT2D eigenvalue weighted by Gasteiger charge is -2.35. The quantitative estimate of drug-likeness (QED) is 0.595. The molecule has 1 aromatic rings. The van der Waals surface area contributed by atoms with Crippen LogP contribution in [0.5, 0.6) is 0 Å². The molecule has 2 amide bonds. The molecule has 0 radical (unpaired) electrons. The summed E-state index contributed by atoms with van der Waals surface area (Å²) < 4.78 is 5.71. The third-order valence-corrected chi connectivity index (χ3v) is 9.44. The van der Waals surface area contributed by atoms with Crippen LogP contribution in [-0.2, 0) is 16.1 Å². The van der Waals surface area contributed by atoms with Gasteiger partial charge in [-0.25, -0.2) is 0 Å². The van der Waals surface area contributed by atoms with Gasteiger partial charge in [-0.15, -0.1) is 11.8 Å². The molecule has 33 heavy (non-hydrogen) atoms. The van der Waals surface area contributed by atoms with E-state index in [-0.39, 0.29) is 17.9 Å². The Hall–Kier alpha value is -1.48. The van der Waals surface area contributed by atoms with E-state index in [9.17, 15) is 9.59 Å². The maximum absolute atomic E-state index is 13.1. The number of hydrogen-bond donors (Lipinski definition) is 2. The fraction of sp³-hybridized carbons (Fsp3) is 0.640. The van der Waals surface area contributed by atoms with Crippen molar-refractivity contribution in [2.45, 2.75) is 98.7 Å². The molecule has 1 unspecified atom stereocenters. The van der Waals surface area contributed by atoms with E-state index in [0.717, 1.165) is 17.5 Å². The average molecular weight is 488 g/mol. The lowest BCUT2D eigenvalue weighted by molar-refractivity contribution is -0.120. The molecule has 2 heterocycles. The van der Waals surface area contributed by atoms with Crippen molar-refractivity contribution in [3.8, 4) is 0 Å². The van der Waals surface area contributed by atoms with Gasteiger partial charge < -0.3 is 20.3 Å². The molecular formula is C25H33N3O3S2. The number of benzene rings is 1. The number of nitrogens with zero attached hydrogens (tertiary/aromatic N) is 1. The van der Waals surface area contributed by atoms with Gasteiger partial charge in [0.15, 0.2) is 0 Å². The van der Waals surface area contributed by atoms with E-state index in [0.29, 0.717) is 47.8 Å². The van der Waals surface area contributed by atoms with Gasteiger partial charge in [0.05, 0.1) is 12.1 Å². The lowest BCUT2D eigenvalue weighted by Crippen LogP contribution is -2.51. The predicted molar refractivity (Wildman–Crippen MR) is 134 cm³/mol. The number of rotatable bonds is 6. The van der Waals surface area contributed by atoms with Crippen molar-refractivity contribution in [2.75, 3.05) is 7.11 Å². The zero-order valence-electron chi connectivity index (χ0n) is 19.2. The van der Waals surface area contributed by atoms with Crippen LogP contribution in [-0.4, -0.2) is 58.3 Å². The lowest BCUT2D eigenvalue weighted by atomic mass is 9.94. The first-order valence-corrected chi connectivity index (χ1v) is 13.6. The average Bonchev–Trinajstić information content (AvgIpc) is 3.39. The molecule has 0 aromatic heterocycles. The third kappa shape index (κ3) is 4.85. The van der Waals surface area contributed by atoms with Gasteiger partial charge in [-0.3, -0.25) is 9.59 Å². The second-order valence-electron chi connectivity index (χ2n) is 9.74. The molecule has 2 aliphatic carbocycles. The maximum atomic E-state index is 13.1. The topological polar surface area (TPSA) is 70.7 Å². The number of piperidine rings is 1. The second-order valence-corrected chi connectivity index (χ2v) is 11.5. The molecule has 2 N–H and O–H groups in total. The van der Waals surface area contributed by atoms with E-state index < -0.39 is 0 Å². The highest BCUT2D eigenvalue weighted by Crippen LogP contribution is 2.37. The first-order chi connectivity index (χ1) is 16.0. The molecule has 1 aromatic carbocycles. The van der Waals surface area contributed by atoms with E-state index in [1.165, 1.54) is 43.4 Å². The molecule has 2 saturated carbocycles. The third-order valence-electron chi connectivity index (χ3n) is 7.67. The molecule has 8 heteroatoms. The summed E-state index contributed by atoms with van der Waals surface area (Å²) >= 11 is 7.34. The largest absolute Gasteiger partial charge is 0.380 e. The van der Waals surface area contributed by atoms with Crippen molar-refractivity contribution in [1.29, 1.82) is 0 Å². The van der Waals surface area contributed by atoms with Crippen LogP contribution in [0.1, 0.15) is 73.7 Å². The van der Waals surface area contributed by atoms with Crippen molar-refractivity contribution < 1.29 is 14.3 Å². The van der Waals surface area contributed by atoms with Gasteiger partial charge in [-0.1, -0.05) is 25.1 Å². The maximum Gasteiger partial charge on any atom is 0.255 e. The fourth-order valence-electron chi connectivity index (χ4n) is 5.90. The van der Waals surface area contributed by atoms with Crippen LogP contribution in [0.4, 0.5) is 0 Å².